The van der Waals surface area contributed by atoms with E-state index in [1.807, 2.05) is 12.1 Å². The van der Waals surface area contributed by atoms with E-state index >= 15 is 0 Å². The van der Waals surface area contributed by atoms with Crippen LogP contribution in [0.15, 0.2) is 18.2 Å². The maximum Gasteiger partial charge on any atom is 0.123 e. The fraction of sp³-hybridized carbons (Fsp3) is 0.500. The first-order valence-electron chi connectivity index (χ1n) is 4.96. The Hall–Kier alpha value is -1.02. The van der Waals surface area contributed by atoms with Gasteiger partial charge < -0.3 is 10.5 Å². The molecule has 1 aromatic carbocycles. The van der Waals surface area contributed by atoms with Gasteiger partial charge in [0.1, 0.15) is 5.75 Å². The van der Waals surface area contributed by atoms with Crippen LogP contribution in [0.4, 0.5) is 0 Å². The summed E-state index contributed by atoms with van der Waals surface area (Å²) in [4.78, 5) is 0. The summed E-state index contributed by atoms with van der Waals surface area (Å²) in [5, 5.41) is 0. The molecule has 1 rings (SSSR count). The van der Waals surface area contributed by atoms with Gasteiger partial charge in [0.15, 0.2) is 0 Å². The molecule has 0 amide bonds. The van der Waals surface area contributed by atoms with Gasteiger partial charge in [-0.05, 0) is 18.9 Å². The molecule has 0 saturated heterocycles. The van der Waals surface area contributed by atoms with E-state index in [1.54, 1.807) is 7.11 Å². The van der Waals surface area contributed by atoms with Gasteiger partial charge in [0.2, 0.25) is 0 Å². The number of methoxy groups -OCH3 is 1. The van der Waals surface area contributed by atoms with Crippen molar-refractivity contribution in [3.63, 3.8) is 0 Å². The Kier molecular flexibility index (Phi) is 3.53. The lowest BCUT2D eigenvalue weighted by molar-refractivity contribution is 0.396. The third kappa shape index (κ3) is 2.26. The van der Waals surface area contributed by atoms with Gasteiger partial charge >= 0.3 is 0 Å². The molecule has 0 aliphatic carbocycles. The molecule has 0 fully saturated rings. The SMILES string of the molecule is COc1ccc(C)cc1[C@@H](N)C(C)C. The van der Waals surface area contributed by atoms with Gasteiger partial charge in [-0.1, -0.05) is 31.5 Å². The lowest BCUT2D eigenvalue weighted by Crippen LogP contribution is -2.17. The zero-order valence-electron chi connectivity index (χ0n) is 9.37. The van der Waals surface area contributed by atoms with Crippen molar-refractivity contribution in [3.05, 3.63) is 29.3 Å². The minimum Gasteiger partial charge on any atom is -0.496 e. The molecule has 2 N–H and O–H groups in total. The van der Waals surface area contributed by atoms with Crippen LogP contribution in [0.5, 0.6) is 5.75 Å². The Morgan fingerprint density at radius 3 is 2.43 bits per heavy atom. The summed E-state index contributed by atoms with van der Waals surface area (Å²) < 4.78 is 5.29. The predicted molar refractivity (Wildman–Crippen MR) is 59.5 cm³/mol. The first-order chi connectivity index (χ1) is 6.56. The first-order valence-corrected chi connectivity index (χ1v) is 4.96. The minimum absolute atomic E-state index is 0.0462. The second kappa shape index (κ2) is 4.47. The van der Waals surface area contributed by atoms with E-state index in [0.717, 1.165) is 11.3 Å². The van der Waals surface area contributed by atoms with E-state index in [1.165, 1.54) is 5.56 Å². The van der Waals surface area contributed by atoms with E-state index in [4.69, 9.17) is 10.5 Å². The number of ether oxygens (including phenoxy) is 1. The van der Waals surface area contributed by atoms with Crippen LogP contribution in [-0.2, 0) is 0 Å². The monoisotopic (exact) mass is 193 g/mol. The van der Waals surface area contributed by atoms with Crippen LogP contribution in [0.25, 0.3) is 0 Å². The van der Waals surface area contributed by atoms with Crippen molar-refractivity contribution in [2.24, 2.45) is 11.7 Å². The second-order valence-electron chi connectivity index (χ2n) is 4.02. The molecule has 14 heavy (non-hydrogen) atoms. The van der Waals surface area contributed by atoms with Gasteiger partial charge in [-0.2, -0.15) is 0 Å². The molecule has 0 bridgehead atoms. The van der Waals surface area contributed by atoms with Crippen molar-refractivity contribution < 1.29 is 4.74 Å². The highest BCUT2D eigenvalue weighted by Crippen LogP contribution is 2.28. The van der Waals surface area contributed by atoms with Crippen LogP contribution < -0.4 is 10.5 Å². The van der Waals surface area contributed by atoms with Crippen molar-refractivity contribution in [1.82, 2.24) is 0 Å². The molecule has 0 aliphatic rings. The summed E-state index contributed by atoms with van der Waals surface area (Å²) in [7, 11) is 1.68. The average molecular weight is 193 g/mol. The number of rotatable bonds is 3. The van der Waals surface area contributed by atoms with Crippen LogP contribution >= 0.6 is 0 Å². The van der Waals surface area contributed by atoms with Gasteiger partial charge in [0.25, 0.3) is 0 Å². The highest BCUT2D eigenvalue weighted by Gasteiger charge is 2.14. The highest BCUT2D eigenvalue weighted by atomic mass is 16.5. The molecule has 0 heterocycles. The van der Waals surface area contributed by atoms with Gasteiger partial charge in [0.05, 0.1) is 7.11 Å². The normalized spacial score (nSPS) is 13.0. The molecule has 1 aromatic rings. The third-order valence-corrected chi connectivity index (χ3v) is 2.46. The molecule has 2 heteroatoms. The van der Waals surface area contributed by atoms with E-state index in [0.29, 0.717) is 5.92 Å². The molecule has 0 saturated carbocycles. The van der Waals surface area contributed by atoms with E-state index < -0.39 is 0 Å². The zero-order valence-corrected chi connectivity index (χ0v) is 9.37. The van der Waals surface area contributed by atoms with Crippen LogP contribution in [0.3, 0.4) is 0 Å². The molecule has 0 unspecified atom stereocenters. The molecule has 0 aliphatic heterocycles. The number of aryl methyl sites for hydroxylation is 1. The smallest absolute Gasteiger partial charge is 0.123 e. The molecule has 0 radical (unpaired) electrons. The number of benzene rings is 1. The Morgan fingerprint density at radius 1 is 1.29 bits per heavy atom. The van der Waals surface area contributed by atoms with Crippen molar-refractivity contribution in [2.75, 3.05) is 7.11 Å². The van der Waals surface area contributed by atoms with Crippen molar-refractivity contribution in [1.29, 1.82) is 0 Å². The van der Waals surface area contributed by atoms with Crippen LogP contribution in [0, 0.1) is 12.8 Å². The summed E-state index contributed by atoms with van der Waals surface area (Å²) in [6.45, 7) is 6.30. The zero-order chi connectivity index (χ0) is 10.7. The van der Waals surface area contributed by atoms with E-state index in [-0.39, 0.29) is 6.04 Å². The lowest BCUT2D eigenvalue weighted by Gasteiger charge is -2.19. The topological polar surface area (TPSA) is 35.2 Å². The lowest BCUT2D eigenvalue weighted by atomic mass is 9.95. The molecule has 78 valence electrons. The summed E-state index contributed by atoms with van der Waals surface area (Å²) in [6, 6.07) is 6.16. The van der Waals surface area contributed by atoms with Crippen molar-refractivity contribution in [2.45, 2.75) is 26.8 Å². The number of hydrogen-bond acceptors (Lipinski definition) is 2. The molecule has 0 spiro atoms. The Labute approximate surface area is 86.1 Å². The van der Waals surface area contributed by atoms with Crippen LogP contribution in [0.2, 0.25) is 0 Å². The summed E-state index contributed by atoms with van der Waals surface area (Å²) in [5.74, 6) is 1.31. The van der Waals surface area contributed by atoms with Gasteiger partial charge in [-0.15, -0.1) is 0 Å². The summed E-state index contributed by atoms with van der Waals surface area (Å²) in [6.07, 6.45) is 0. The average Bonchev–Trinajstić information content (AvgIpc) is 2.16. The fourth-order valence-electron chi connectivity index (χ4n) is 1.47. The van der Waals surface area contributed by atoms with E-state index in [9.17, 15) is 0 Å². The largest absolute Gasteiger partial charge is 0.496 e. The van der Waals surface area contributed by atoms with Crippen molar-refractivity contribution >= 4 is 0 Å². The van der Waals surface area contributed by atoms with E-state index in [2.05, 4.69) is 26.8 Å². The second-order valence-corrected chi connectivity index (χ2v) is 4.02. The predicted octanol–water partition coefficient (Wildman–Crippen LogP) is 2.66. The molecule has 1 atom stereocenters. The van der Waals surface area contributed by atoms with Gasteiger partial charge in [0, 0.05) is 11.6 Å². The minimum atomic E-state index is 0.0462. The molecule has 2 nitrogen and oxygen atoms in total. The fourth-order valence-corrected chi connectivity index (χ4v) is 1.47. The summed E-state index contributed by atoms with van der Waals surface area (Å²) in [5.41, 5.74) is 8.42. The van der Waals surface area contributed by atoms with Crippen molar-refractivity contribution in [3.8, 4) is 5.75 Å². The number of nitrogens with two attached hydrogens (primary N) is 1. The van der Waals surface area contributed by atoms with Crippen LogP contribution in [-0.4, -0.2) is 7.11 Å². The number of hydrogen-bond donors (Lipinski definition) is 1. The van der Waals surface area contributed by atoms with Crippen LogP contribution in [0.1, 0.15) is 31.0 Å². The highest BCUT2D eigenvalue weighted by molar-refractivity contribution is 5.39. The Morgan fingerprint density at radius 2 is 1.93 bits per heavy atom. The Bertz CT molecular complexity index is 307. The van der Waals surface area contributed by atoms with Gasteiger partial charge in [-0.3, -0.25) is 0 Å². The molecular formula is C12H19NO. The first kappa shape index (κ1) is 11.1. The Balaban J connectivity index is 3.10. The standard InChI is InChI=1S/C12H19NO/c1-8(2)12(13)10-7-9(3)5-6-11(10)14-4/h5-8,12H,13H2,1-4H3/t12-/m0/s1. The van der Waals surface area contributed by atoms with Gasteiger partial charge in [-0.25, -0.2) is 0 Å². The maximum atomic E-state index is 6.10. The molecular weight excluding hydrogens is 174 g/mol. The summed E-state index contributed by atoms with van der Waals surface area (Å²) >= 11 is 0. The quantitative estimate of drug-likeness (QED) is 0.801. The molecule has 0 aromatic heterocycles. The third-order valence-electron chi connectivity index (χ3n) is 2.46. The maximum absolute atomic E-state index is 6.10.